The van der Waals surface area contributed by atoms with Gasteiger partial charge >= 0.3 is 11.9 Å². The third-order valence-electron chi connectivity index (χ3n) is 2.47. The van der Waals surface area contributed by atoms with E-state index >= 15 is 0 Å². The minimum atomic E-state index is -1.07. The summed E-state index contributed by atoms with van der Waals surface area (Å²) >= 11 is 0. The fourth-order valence-corrected chi connectivity index (χ4v) is 1.28. The zero-order chi connectivity index (χ0) is 13.7. The van der Waals surface area contributed by atoms with Gasteiger partial charge in [0.1, 0.15) is 12.1 Å². The number of hydrazine groups is 1. The van der Waals surface area contributed by atoms with E-state index in [0.29, 0.717) is 0 Å². The minimum Gasteiger partial charge on any atom is -0.480 e. The Morgan fingerprint density at radius 3 is 2.50 bits per heavy atom. The van der Waals surface area contributed by atoms with Gasteiger partial charge in [-0.05, 0) is 6.92 Å². The molecule has 0 aromatic carbocycles. The Bertz CT molecular complexity index is 431. The van der Waals surface area contributed by atoms with Gasteiger partial charge in [-0.3, -0.25) is 9.59 Å². The van der Waals surface area contributed by atoms with Gasteiger partial charge in [0.25, 0.3) is 0 Å². The van der Waals surface area contributed by atoms with Crippen LogP contribution in [-0.4, -0.2) is 43.8 Å². The minimum absolute atomic E-state index is 0.200. The second-order valence-corrected chi connectivity index (χ2v) is 3.94. The smallest absolute Gasteiger partial charge is 0.322 e. The molecule has 100 valence electrons. The number of carboxylic acid groups (broad SMARTS) is 2. The Balaban J connectivity index is 2.59. The topological polar surface area (TPSA) is 116 Å². The van der Waals surface area contributed by atoms with Crippen LogP contribution in [0.15, 0.2) is 12.5 Å². The standard InChI is InChI=1S/C10H16N4O4/c1-6(9(15)16)12-13-8(10(17)18)3-7-4-11-5-14(7)2/h4-6,8,12-13H,3H2,1-2H3,(H,15,16)(H,17,18)/t6-,8-/m0/s1. The summed E-state index contributed by atoms with van der Waals surface area (Å²) in [7, 11) is 1.76. The Labute approximate surface area is 104 Å². The van der Waals surface area contributed by atoms with Crippen molar-refractivity contribution >= 4 is 11.9 Å². The van der Waals surface area contributed by atoms with Crippen LogP contribution in [0, 0.1) is 0 Å². The van der Waals surface area contributed by atoms with Crippen molar-refractivity contribution in [2.75, 3.05) is 0 Å². The van der Waals surface area contributed by atoms with Crippen molar-refractivity contribution < 1.29 is 19.8 Å². The van der Waals surface area contributed by atoms with E-state index in [2.05, 4.69) is 15.8 Å². The lowest BCUT2D eigenvalue weighted by atomic mass is 10.2. The van der Waals surface area contributed by atoms with Gasteiger partial charge in [0.2, 0.25) is 0 Å². The molecule has 1 rings (SSSR count). The number of hydrogen-bond donors (Lipinski definition) is 4. The van der Waals surface area contributed by atoms with Crippen molar-refractivity contribution in [2.24, 2.45) is 7.05 Å². The van der Waals surface area contributed by atoms with Gasteiger partial charge in [-0.2, -0.15) is 0 Å². The molecular formula is C10H16N4O4. The van der Waals surface area contributed by atoms with E-state index in [-0.39, 0.29) is 6.42 Å². The van der Waals surface area contributed by atoms with Crippen LogP contribution in [0.5, 0.6) is 0 Å². The predicted octanol–water partition coefficient (Wildman–Crippen LogP) is -1.02. The molecule has 0 saturated heterocycles. The number of rotatable bonds is 7. The van der Waals surface area contributed by atoms with Crippen LogP contribution in [-0.2, 0) is 23.1 Å². The van der Waals surface area contributed by atoms with E-state index in [4.69, 9.17) is 10.2 Å². The van der Waals surface area contributed by atoms with Crippen LogP contribution >= 0.6 is 0 Å². The summed E-state index contributed by atoms with van der Waals surface area (Å²) < 4.78 is 1.71. The molecule has 0 saturated carbocycles. The van der Waals surface area contributed by atoms with Gasteiger partial charge in [-0.25, -0.2) is 15.8 Å². The van der Waals surface area contributed by atoms with Crippen molar-refractivity contribution in [1.29, 1.82) is 0 Å². The molecule has 0 bridgehead atoms. The largest absolute Gasteiger partial charge is 0.480 e. The van der Waals surface area contributed by atoms with Gasteiger partial charge in [0, 0.05) is 25.4 Å². The molecule has 1 aromatic heterocycles. The van der Waals surface area contributed by atoms with E-state index in [0.717, 1.165) is 5.69 Å². The summed E-state index contributed by atoms with van der Waals surface area (Å²) in [6, 6.07) is -1.81. The monoisotopic (exact) mass is 256 g/mol. The molecule has 8 heteroatoms. The van der Waals surface area contributed by atoms with Crippen LogP contribution in [0.4, 0.5) is 0 Å². The Morgan fingerprint density at radius 1 is 1.39 bits per heavy atom. The number of imidazole rings is 1. The number of nitrogens with zero attached hydrogens (tertiary/aromatic N) is 2. The first-order chi connectivity index (χ1) is 8.41. The average molecular weight is 256 g/mol. The molecule has 0 aliphatic rings. The highest BCUT2D eigenvalue weighted by atomic mass is 16.4. The van der Waals surface area contributed by atoms with Crippen molar-refractivity contribution in [3.8, 4) is 0 Å². The highest BCUT2D eigenvalue weighted by Crippen LogP contribution is 2.01. The maximum absolute atomic E-state index is 11.0. The average Bonchev–Trinajstić information content (AvgIpc) is 2.69. The zero-order valence-corrected chi connectivity index (χ0v) is 10.1. The van der Waals surface area contributed by atoms with Crippen LogP contribution in [0.3, 0.4) is 0 Å². The predicted molar refractivity (Wildman–Crippen MR) is 61.7 cm³/mol. The van der Waals surface area contributed by atoms with Gasteiger partial charge < -0.3 is 14.8 Å². The van der Waals surface area contributed by atoms with E-state index in [9.17, 15) is 9.59 Å². The molecule has 0 fully saturated rings. The van der Waals surface area contributed by atoms with Gasteiger partial charge in [-0.15, -0.1) is 0 Å². The molecule has 0 aliphatic carbocycles. The van der Waals surface area contributed by atoms with Crippen LogP contribution in [0.1, 0.15) is 12.6 Å². The lowest BCUT2D eigenvalue weighted by Gasteiger charge is -2.17. The van der Waals surface area contributed by atoms with Gasteiger partial charge in [0.15, 0.2) is 0 Å². The van der Waals surface area contributed by atoms with E-state index in [1.165, 1.54) is 6.92 Å². The second-order valence-electron chi connectivity index (χ2n) is 3.94. The number of aryl methyl sites for hydroxylation is 1. The van der Waals surface area contributed by atoms with Crippen LogP contribution in [0.25, 0.3) is 0 Å². The van der Waals surface area contributed by atoms with Crippen LogP contribution < -0.4 is 10.9 Å². The lowest BCUT2D eigenvalue weighted by molar-refractivity contribution is -0.142. The number of aliphatic carboxylic acids is 2. The molecule has 0 radical (unpaired) electrons. The van der Waals surface area contributed by atoms with Crippen LogP contribution in [0.2, 0.25) is 0 Å². The normalized spacial score (nSPS) is 14.1. The summed E-state index contributed by atoms with van der Waals surface area (Å²) in [5, 5.41) is 17.7. The Morgan fingerprint density at radius 2 is 2.06 bits per heavy atom. The number of carboxylic acids is 2. The quantitative estimate of drug-likeness (QED) is 0.461. The summed E-state index contributed by atoms with van der Waals surface area (Å²) in [4.78, 5) is 25.5. The lowest BCUT2D eigenvalue weighted by Crippen LogP contribution is -2.52. The fourth-order valence-electron chi connectivity index (χ4n) is 1.28. The number of hydrogen-bond acceptors (Lipinski definition) is 5. The molecule has 2 atom stereocenters. The van der Waals surface area contributed by atoms with Crippen molar-refractivity contribution in [3.05, 3.63) is 18.2 Å². The SMILES string of the molecule is C[C@H](NN[C@@H](Cc1cncn1C)C(=O)O)C(=O)O. The molecule has 8 nitrogen and oxygen atoms in total. The number of carbonyl (C=O) groups is 2. The van der Waals surface area contributed by atoms with E-state index in [1.807, 2.05) is 0 Å². The highest BCUT2D eigenvalue weighted by molar-refractivity contribution is 5.74. The maximum Gasteiger partial charge on any atom is 0.322 e. The first-order valence-corrected chi connectivity index (χ1v) is 5.33. The Kier molecular flexibility index (Phi) is 4.81. The van der Waals surface area contributed by atoms with Gasteiger partial charge in [0.05, 0.1) is 6.33 Å². The molecule has 18 heavy (non-hydrogen) atoms. The summed E-state index contributed by atoms with van der Waals surface area (Å²) in [6.07, 6.45) is 3.34. The summed E-state index contributed by atoms with van der Waals surface area (Å²) in [6.45, 7) is 1.41. The third kappa shape index (κ3) is 3.82. The maximum atomic E-state index is 11.0. The Hall–Kier alpha value is -1.93. The summed E-state index contributed by atoms with van der Waals surface area (Å²) in [5.74, 6) is -2.13. The molecule has 0 unspecified atom stereocenters. The third-order valence-corrected chi connectivity index (χ3v) is 2.47. The number of nitrogens with one attached hydrogen (secondary N) is 2. The summed E-state index contributed by atoms with van der Waals surface area (Å²) in [5.41, 5.74) is 5.67. The van der Waals surface area contributed by atoms with Gasteiger partial charge in [-0.1, -0.05) is 0 Å². The molecule has 1 aromatic rings. The zero-order valence-electron chi connectivity index (χ0n) is 10.1. The molecular weight excluding hydrogens is 240 g/mol. The molecule has 0 spiro atoms. The van der Waals surface area contributed by atoms with E-state index in [1.54, 1.807) is 24.1 Å². The molecule has 1 heterocycles. The van der Waals surface area contributed by atoms with Crippen molar-refractivity contribution in [3.63, 3.8) is 0 Å². The van der Waals surface area contributed by atoms with Crippen molar-refractivity contribution in [2.45, 2.75) is 25.4 Å². The highest BCUT2D eigenvalue weighted by Gasteiger charge is 2.21. The molecule has 4 N–H and O–H groups in total. The second kappa shape index (κ2) is 6.12. The first kappa shape index (κ1) is 14.1. The fraction of sp³-hybridized carbons (Fsp3) is 0.500. The molecule has 0 amide bonds. The molecule has 0 aliphatic heterocycles. The number of aromatic nitrogens is 2. The van der Waals surface area contributed by atoms with Crippen molar-refractivity contribution in [1.82, 2.24) is 20.4 Å². The van der Waals surface area contributed by atoms with E-state index < -0.39 is 24.0 Å². The first-order valence-electron chi connectivity index (χ1n) is 5.33.